The Balaban J connectivity index is 2.20. The van der Waals surface area contributed by atoms with E-state index >= 15 is 0 Å². The van der Waals surface area contributed by atoms with Crippen LogP contribution in [-0.2, 0) is 14.3 Å². The molecule has 1 N–H and O–H groups in total. The second-order valence-electron chi connectivity index (χ2n) is 4.27. The van der Waals surface area contributed by atoms with Crippen molar-refractivity contribution in [1.29, 1.82) is 5.26 Å². The van der Waals surface area contributed by atoms with Crippen LogP contribution in [0.3, 0.4) is 0 Å². The van der Waals surface area contributed by atoms with E-state index in [9.17, 15) is 14.9 Å². The molecule has 0 bridgehead atoms. The Morgan fingerprint density at radius 1 is 1.67 bits per heavy atom. The lowest BCUT2D eigenvalue weighted by molar-refractivity contribution is -0.139. The van der Waals surface area contributed by atoms with E-state index in [0.717, 1.165) is 11.8 Å². The van der Waals surface area contributed by atoms with Gasteiger partial charge in [0.05, 0.1) is 41.2 Å². The van der Waals surface area contributed by atoms with E-state index in [0.29, 0.717) is 23.0 Å². The molecule has 0 saturated heterocycles. The number of nitriles is 1. The number of furan rings is 1. The van der Waals surface area contributed by atoms with Crippen molar-refractivity contribution in [1.82, 2.24) is 5.32 Å². The Morgan fingerprint density at radius 2 is 2.48 bits per heavy atom. The van der Waals surface area contributed by atoms with Gasteiger partial charge >= 0.3 is 5.97 Å². The van der Waals surface area contributed by atoms with Gasteiger partial charge in [0.25, 0.3) is 0 Å². The third kappa shape index (κ3) is 3.67. The predicted octanol–water partition coefficient (Wildman–Crippen LogP) is 1.91. The molecule has 2 rings (SSSR count). The number of nitrogens with zero attached hydrogens (tertiary/aromatic N) is 1. The third-order valence-electron chi connectivity index (χ3n) is 2.88. The average Bonchev–Trinajstić information content (AvgIpc) is 2.99. The molecule has 0 spiro atoms. The van der Waals surface area contributed by atoms with Gasteiger partial charge in [-0.05, 0) is 19.1 Å². The molecule has 7 heteroatoms. The van der Waals surface area contributed by atoms with E-state index in [-0.39, 0.29) is 24.1 Å². The van der Waals surface area contributed by atoms with E-state index in [1.165, 1.54) is 6.26 Å². The number of hydrogen-bond acceptors (Lipinski definition) is 6. The van der Waals surface area contributed by atoms with Gasteiger partial charge in [-0.1, -0.05) is 11.8 Å². The fourth-order valence-electron chi connectivity index (χ4n) is 2.00. The molecule has 110 valence electrons. The molecule has 0 fully saturated rings. The smallest absolute Gasteiger partial charge is 0.316 e. The lowest BCUT2D eigenvalue weighted by Gasteiger charge is -2.23. The van der Waals surface area contributed by atoms with Crippen LogP contribution in [0.15, 0.2) is 33.4 Å². The molecule has 1 aliphatic rings. The Kier molecular flexibility index (Phi) is 5.06. The first kappa shape index (κ1) is 15.2. The predicted molar refractivity (Wildman–Crippen MR) is 75.9 cm³/mol. The highest BCUT2D eigenvalue weighted by atomic mass is 32.2. The van der Waals surface area contributed by atoms with Gasteiger partial charge in [-0.15, -0.1) is 0 Å². The molecule has 21 heavy (non-hydrogen) atoms. The van der Waals surface area contributed by atoms with Crippen molar-refractivity contribution in [3.8, 4) is 6.07 Å². The van der Waals surface area contributed by atoms with E-state index in [4.69, 9.17) is 9.15 Å². The highest BCUT2D eigenvalue weighted by Crippen LogP contribution is 2.35. The van der Waals surface area contributed by atoms with E-state index in [2.05, 4.69) is 11.4 Å². The molecule has 0 radical (unpaired) electrons. The first-order valence-corrected chi connectivity index (χ1v) is 7.40. The number of rotatable bonds is 5. The van der Waals surface area contributed by atoms with Gasteiger partial charge in [-0.3, -0.25) is 9.59 Å². The highest BCUT2D eigenvalue weighted by molar-refractivity contribution is 8.03. The van der Waals surface area contributed by atoms with Crippen molar-refractivity contribution in [2.75, 3.05) is 12.4 Å². The molecule has 0 unspecified atom stereocenters. The molecule has 0 aromatic carbocycles. The zero-order valence-electron chi connectivity index (χ0n) is 11.4. The van der Waals surface area contributed by atoms with Crippen LogP contribution in [0.1, 0.15) is 25.0 Å². The van der Waals surface area contributed by atoms with Crippen LogP contribution in [-0.4, -0.2) is 24.2 Å². The maximum absolute atomic E-state index is 11.8. The number of amides is 1. The summed E-state index contributed by atoms with van der Waals surface area (Å²) >= 11 is 1.09. The van der Waals surface area contributed by atoms with Gasteiger partial charge < -0.3 is 14.5 Å². The Hall–Kier alpha value is -2.20. The number of carbonyl (C=O) groups is 2. The highest BCUT2D eigenvalue weighted by Gasteiger charge is 2.31. The summed E-state index contributed by atoms with van der Waals surface area (Å²) in [5, 5.41) is 12.4. The summed E-state index contributed by atoms with van der Waals surface area (Å²) in [5.41, 5.74) is 0.402. The van der Waals surface area contributed by atoms with Gasteiger partial charge in [0.15, 0.2) is 0 Å². The van der Waals surface area contributed by atoms with Gasteiger partial charge in [0, 0.05) is 6.42 Å². The lowest BCUT2D eigenvalue weighted by Crippen LogP contribution is -2.31. The Morgan fingerprint density at radius 3 is 3.10 bits per heavy atom. The molecule has 6 nitrogen and oxygen atoms in total. The minimum atomic E-state index is -0.413. The molecule has 1 aliphatic heterocycles. The molecular formula is C14H14N2O4S. The SMILES string of the molecule is CCOC(=O)CSC1=C(C#N)[C@@H](c2ccco2)CC(=O)N1. The van der Waals surface area contributed by atoms with Crippen LogP contribution in [0.25, 0.3) is 0 Å². The monoisotopic (exact) mass is 306 g/mol. The number of allylic oxidation sites excluding steroid dienone is 1. The van der Waals surface area contributed by atoms with Crippen molar-refractivity contribution < 1.29 is 18.7 Å². The molecule has 1 amide bonds. The van der Waals surface area contributed by atoms with Gasteiger partial charge in [0.1, 0.15) is 5.76 Å². The third-order valence-corrected chi connectivity index (χ3v) is 3.87. The summed E-state index contributed by atoms with van der Waals surface area (Å²) < 4.78 is 10.1. The Bertz CT molecular complexity index is 601. The molecule has 0 saturated carbocycles. The fraction of sp³-hybridized carbons (Fsp3) is 0.357. The minimum Gasteiger partial charge on any atom is -0.469 e. The summed E-state index contributed by atoms with van der Waals surface area (Å²) in [4.78, 5) is 23.2. The maximum atomic E-state index is 11.8. The van der Waals surface area contributed by atoms with Crippen LogP contribution in [0, 0.1) is 11.3 Å². The minimum absolute atomic E-state index is 0.0412. The number of carbonyl (C=O) groups excluding carboxylic acids is 2. The van der Waals surface area contributed by atoms with Crippen molar-refractivity contribution in [2.24, 2.45) is 0 Å². The second-order valence-corrected chi connectivity index (χ2v) is 5.25. The van der Waals surface area contributed by atoms with Crippen molar-refractivity contribution in [3.63, 3.8) is 0 Å². The zero-order valence-corrected chi connectivity index (χ0v) is 12.2. The van der Waals surface area contributed by atoms with Crippen LogP contribution < -0.4 is 5.32 Å². The summed E-state index contributed by atoms with van der Waals surface area (Å²) in [6.45, 7) is 2.02. The van der Waals surface area contributed by atoms with Gasteiger partial charge in [-0.25, -0.2) is 0 Å². The molecule has 0 aliphatic carbocycles. The summed E-state index contributed by atoms with van der Waals surface area (Å²) in [5.74, 6) is -0.401. The van der Waals surface area contributed by atoms with Crippen molar-refractivity contribution in [3.05, 3.63) is 34.8 Å². The number of thioether (sulfide) groups is 1. The van der Waals surface area contributed by atoms with E-state index < -0.39 is 5.92 Å². The van der Waals surface area contributed by atoms with Crippen molar-refractivity contribution >= 4 is 23.6 Å². The Labute approximate surface area is 126 Å². The number of nitrogens with one attached hydrogen (secondary N) is 1. The molecule has 1 atom stereocenters. The topological polar surface area (TPSA) is 92.3 Å². The average molecular weight is 306 g/mol. The first-order valence-electron chi connectivity index (χ1n) is 6.41. The standard InChI is InChI=1S/C14H14N2O4S/c1-2-19-13(18)8-21-14-10(7-15)9(6-12(17)16-14)11-4-3-5-20-11/h3-5,9H,2,6,8H2,1H3,(H,16,17)/t9-/m0/s1. The lowest BCUT2D eigenvalue weighted by atomic mass is 9.92. The quantitative estimate of drug-likeness (QED) is 0.835. The fourth-order valence-corrected chi connectivity index (χ4v) is 2.87. The zero-order chi connectivity index (χ0) is 15.2. The number of hydrogen-bond donors (Lipinski definition) is 1. The first-order chi connectivity index (χ1) is 10.2. The van der Waals surface area contributed by atoms with Gasteiger partial charge in [-0.2, -0.15) is 5.26 Å². The molecule has 2 heterocycles. The van der Waals surface area contributed by atoms with E-state index in [1.807, 2.05) is 0 Å². The van der Waals surface area contributed by atoms with Crippen LogP contribution >= 0.6 is 11.8 Å². The van der Waals surface area contributed by atoms with Crippen LogP contribution in [0.4, 0.5) is 0 Å². The summed E-state index contributed by atoms with van der Waals surface area (Å²) in [6.07, 6.45) is 1.65. The normalized spacial score (nSPS) is 18.1. The molecule has 1 aromatic rings. The molecule has 1 aromatic heterocycles. The largest absolute Gasteiger partial charge is 0.469 e. The van der Waals surface area contributed by atoms with Crippen LogP contribution in [0.5, 0.6) is 0 Å². The van der Waals surface area contributed by atoms with Crippen molar-refractivity contribution in [2.45, 2.75) is 19.3 Å². The summed E-state index contributed by atoms with van der Waals surface area (Å²) in [7, 11) is 0. The summed E-state index contributed by atoms with van der Waals surface area (Å²) in [6, 6.07) is 5.54. The number of esters is 1. The van der Waals surface area contributed by atoms with Crippen LogP contribution in [0.2, 0.25) is 0 Å². The molecular weight excluding hydrogens is 292 g/mol. The van der Waals surface area contributed by atoms with E-state index in [1.54, 1.807) is 19.1 Å². The van der Waals surface area contributed by atoms with Gasteiger partial charge in [0.2, 0.25) is 5.91 Å². The maximum Gasteiger partial charge on any atom is 0.316 e. The number of ether oxygens (including phenoxy) is 1. The second kappa shape index (κ2) is 6.99.